The Labute approximate surface area is 421 Å². The molecule has 5 aliphatic rings. The van der Waals surface area contributed by atoms with E-state index in [1.807, 2.05) is 12.1 Å². The molecule has 10 aromatic rings. The predicted molar refractivity (Wildman–Crippen MR) is 293 cm³/mol. The van der Waals surface area contributed by atoms with Crippen molar-refractivity contribution in [3.8, 4) is 28.3 Å². The van der Waals surface area contributed by atoms with E-state index in [-0.39, 0.29) is 0 Å². The minimum Gasteiger partial charge on any atom is -0.310 e. The molecule has 3 heterocycles. The van der Waals surface area contributed by atoms with Crippen molar-refractivity contribution in [2.75, 3.05) is 9.80 Å². The van der Waals surface area contributed by atoms with Gasteiger partial charge in [0, 0.05) is 27.9 Å². The third-order valence-electron chi connectivity index (χ3n) is 17.5. The van der Waals surface area contributed by atoms with Gasteiger partial charge in [-0.3, -0.25) is 0 Å². The number of rotatable bonds is 5. The van der Waals surface area contributed by atoms with Gasteiger partial charge >= 0.3 is 0 Å². The van der Waals surface area contributed by atoms with E-state index < -0.39 is 21.7 Å². The molecule has 3 nitrogen and oxygen atoms in total. The summed E-state index contributed by atoms with van der Waals surface area (Å²) >= 11 is 0. The van der Waals surface area contributed by atoms with Crippen molar-refractivity contribution in [3.05, 3.63) is 297 Å². The molecule has 72 heavy (non-hydrogen) atoms. The molecular weight excluding hydrogens is 871 g/mol. The van der Waals surface area contributed by atoms with E-state index in [1.54, 1.807) is 0 Å². The van der Waals surface area contributed by atoms with Gasteiger partial charge in [0.15, 0.2) is 0 Å². The van der Waals surface area contributed by atoms with Crippen molar-refractivity contribution in [2.24, 2.45) is 0 Å². The van der Waals surface area contributed by atoms with E-state index in [1.165, 1.54) is 106 Å². The quantitative estimate of drug-likeness (QED) is 0.172. The molecule has 3 aliphatic heterocycles. The summed E-state index contributed by atoms with van der Waals surface area (Å²) in [6.07, 6.45) is 0. The largest absolute Gasteiger partial charge is 0.310 e. The van der Waals surface area contributed by atoms with Crippen molar-refractivity contribution in [2.45, 2.75) is 49.4 Å². The molecule has 0 bridgehead atoms. The molecule has 0 saturated heterocycles. The zero-order chi connectivity index (χ0) is 48.3. The summed E-state index contributed by atoms with van der Waals surface area (Å²) in [5.41, 5.74) is 26.6. The van der Waals surface area contributed by atoms with Gasteiger partial charge in [-0.05, 0) is 138 Å². The topological polar surface area (TPSA) is 30.3 Å². The number of anilines is 6. The Balaban J connectivity index is 0.995. The van der Waals surface area contributed by atoms with Gasteiger partial charge in [-0.15, -0.1) is 0 Å². The summed E-state index contributed by atoms with van der Waals surface area (Å²) in [5, 5.41) is 10.1. The average molecular weight is 920 g/mol. The third-order valence-corrected chi connectivity index (χ3v) is 17.5. The number of hydrogen-bond donors (Lipinski definition) is 0. The molecule has 0 unspecified atom stereocenters. The van der Waals surface area contributed by atoms with Crippen LogP contribution in [0.15, 0.2) is 224 Å². The summed E-state index contributed by atoms with van der Waals surface area (Å²) < 4.78 is 0. The van der Waals surface area contributed by atoms with Gasteiger partial charge in [-0.25, -0.2) is 0 Å². The molecule has 0 fully saturated rings. The molecule has 0 N–H and O–H groups in total. The Morgan fingerprint density at radius 3 is 1.24 bits per heavy atom. The third kappa shape index (κ3) is 4.90. The van der Waals surface area contributed by atoms with E-state index in [2.05, 4.69) is 256 Å². The van der Waals surface area contributed by atoms with Crippen LogP contribution in [0.5, 0.6) is 0 Å². The van der Waals surface area contributed by atoms with E-state index in [4.69, 9.17) is 0 Å². The normalized spacial score (nSPS) is 16.2. The van der Waals surface area contributed by atoms with Crippen LogP contribution in [0, 0.1) is 11.3 Å². The molecule has 3 heteroatoms. The van der Waals surface area contributed by atoms with Crippen molar-refractivity contribution >= 4 is 34.1 Å². The maximum atomic E-state index is 10.1. The molecule has 0 aromatic heterocycles. The van der Waals surface area contributed by atoms with Crippen LogP contribution in [-0.4, -0.2) is 0 Å². The fraction of sp³-hybridized carbons (Fsp3) is 0.116. The SMILES string of the molecule is CC1(C)c2cc(N(c3ccc(C#N)cc3)c3ccc4c(c3)-c3ccccc3C43c4ccccc4-c4ccccc43)cc3c2N2c4c1cccc4C(c1ccccc1)(c1ccccc1)c1cccc(c12)C3(C)C. The van der Waals surface area contributed by atoms with Crippen molar-refractivity contribution in [1.82, 2.24) is 0 Å². The lowest BCUT2D eigenvalue weighted by Gasteiger charge is -2.56. The second-order valence-corrected chi connectivity index (χ2v) is 21.5. The molecule has 340 valence electrons. The lowest BCUT2D eigenvalue weighted by Crippen LogP contribution is -2.46. The standard InChI is InChI=1S/C69H49N3/c1-66(2)57-29-17-31-59-63(57)72-64-58(30-18-32-60(64)68(59,44-19-7-5-8-20-44)45-21-9-6-10-22-45)67(3,4)62-41-48(40-61(66)65(62)72)71(46-35-33-43(42-70)34-36-46)47-37-38-56-52(39-47)51-25-13-16-28-55(51)69(56)53-26-14-11-23-49(53)50-24-12-15-27-54(50)69/h5-41H,1-4H3. The second kappa shape index (κ2) is 14.2. The molecular formula is C69H49N3. The Morgan fingerprint density at radius 1 is 0.333 bits per heavy atom. The summed E-state index contributed by atoms with van der Waals surface area (Å²) in [6.45, 7) is 9.74. The zero-order valence-corrected chi connectivity index (χ0v) is 40.7. The maximum Gasteiger partial charge on any atom is 0.0991 e. The van der Waals surface area contributed by atoms with Crippen LogP contribution >= 0.6 is 0 Å². The summed E-state index contributed by atoms with van der Waals surface area (Å²) in [6, 6.07) is 86.3. The molecule has 1 spiro atoms. The Kier molecular flexibility index (Phi) is 8.12. The highest BCUT2D eigenvalue weighted by Crippen LogP contribution is 2.69. The van der Waals surface area contributed by atoms with Crippen LogP contribution in [0.1, 0.15) is 100 Å². The number of fused-ring (bicyclic) bond motifs is 10. The first-order valence-corrected chi connectivity index (χ1v) is 25.3. The Hall–Kier alpha value is -8.71. The Morgan fingerprint density at radius 2 is 0.736 bits per heavy atom. The number of nitrogens with zero attached hydrogens (tertiary/aromatic N) is 3. The Bertz CT molecular complexity index is 3830. The minimum atomic E-state index is -0.559. The molecule has 0 atom stereocenters. The van der Waals surface area contributed by atoms with Crippen molar-refractivity contribution < 1.29 is 0 Å². The maximum absolute atomic E-state index is 10.1. The second-order valence-electron chi connectivity index (χ2n) is 21.5. The van der Waals surface area contributed by atoms with Gasteiger partial charge in [0.1, 0.15) is 0 Å². The predicted octanol–water partition coefficient (Wildman–Crippen LogP) is 16.8. The fourth-order valence-corrected chi connectivity index (χ4v) is 14.4. The summed E-state index contributed by atoms with van der Waals surface area (Å²) in [7, 11) is 0. The summed E-state index contributed by atoms with van der Waals surface area (Å²) in [4.78, 5) is 5.11. The number of hydrogen-bond acceptors (Lipinski definition) is 3. The highest BCUT2D eigenvalue weighted by atomic mass is 15.2. The first-order valence-electron chi connectivity index (χ1n) is 25.3. The van der Waals surface area contributed by atoms with E-state index in [0.29, 0.717) is 5.56 Å². The van der Waals surface area contributed by atoms with Gasteiger partial charge in [-0.1, -0.05) is 204 Å². The highest BCUT2D eigenvalue weighted by molar-refractivity contribution is 6.02. The van der Waals surface area contributed by atoms with Gasteiger partial charge in [0.2, 0.25) is 0 Å². The molecule has 0 saturated carbocycles. The van der Waals surface area contributed by atoms with Crippen molar-refractivity contribution in [3.63, 3.8) is 0 Å². The van der Waals surface area contributed by atoms with Crippen LogP contribution in [-0.2, 0) is 21.7 Å². The van der Waals surface area contributed by atoms with Crippen LogP contribution in [0.2, 0.25) is 0 Å². The zero-order valence-electron chi connectivity index (χ0n) is 40.7. The molecule has 2 aliphatic carbocycles. The first kappa shape index (κ1) is 41.1. The van der Waals surface area contributed by atoms with Gasteiger partial charge < -0.3 is 9.80 Å². The van der Waals surface area contributed by atoms with Gasteiger partial charge in [0.05, 0.1) is 39.5 Å². The van der Waals surface area contributed by atoms with Crippen molar-refractivity contribution in [1.29, 1.82) is 5.26 Å². The van der Waals surface area contributed by atoms with Gasteiger partial charge in [0.25, 0.3) is 0 Å². The van der Waals surface area contributed by atoms with Crippen LogP contribution in [0.4, 0.5) is 34.1 Å². The minimum absolute atomic E-state index is 0.399. The van der Waals surface area contributed by atoms with Crippen LogP contribution in [0.25, 0.3) is 22.3 Å². The molecule has 15 rings (SSSR count). The van der Waals surface area contributed by atoms with E-state index in [9.17, 15) is 5.26 Å². The summed E-state index contributed by atoms with van der Waals surface area (Å²) in [5.74, 6) is 0. The molecule has 10 aromatic carbocycles. The van der Waals surface area contributed by atoms with E-state index in [0.717, 1.165) is 17.1 Å². The smallest absolute Gasteiger partial charge is 0.0991 e. The average Bonchev–Trinajstić information content (AvgIpc) is 3.89. The van der Waals surface area contributed by atoms with Crippen LogP contribution < -0.4 is 9.80 Å². The number of nitriles is 1. The lowest BCUT2D eigenvalue weighted by atomic mass is 9.57. The van der Waals surface area contributed by atoms with Crippen LogP contribution in [0.3, 0.4) is 0 Å². The first-order chi connectivity index (χ1) is 35.2. The molecule has 0 radical (unpaired) electrons. The van der Waals surface area contributed by atoms with E-state index >= 15 is 0 Å². The number of para-hydroxylation sites is 2. The molecule has 0 amide bonds. The van der Waals surface area contributed by atoms with Gasteiger partial charge in [-0.2, -0.15) is 5.26 Å². The fourth-order valence-electron chi connectivity index (χ4n) is 14.4. The number of benzene rings is 10. The highest BCUT2D eigenvalue weighted by Gasteiger charge is 2.56. The monoisotopic (exact) mass is 919 g/mol. The lowest BCUT2D eigenvalue weighted by molar-refractivity contribution is 0.583.